The van der Waals surface area contributed by atoms with Gasteiger partial charge in [-0.05, 0) is 37.6 Å². The number of amides is 2. The lowest BCUT2D eigenvalue weighted by Gasteiger charge is -2.29. The number of unbranched alkanes of at least 4 members (excludes halogenated alkanes) is 1. The Morgan fingerprint density at radius 3 is 2.25 bits per heavy atom. The van der Waals surface area contributed by atoms with Gasteiger partial charge in [-0.2, -0.15) is 0 Å². The van der Waals surface area contributed by atoms with Crippen LogP contribution < -0.4 is 5.32 Å². The van der Waals surface area contributed by atoms with Crippen LogP contribution in [0.2, 0.25) is 15.1 Å². The number of thioether (sulfide) groups is 1. The lowest BCUT2D eigenvalue weighted by atomic mass is 10.1. The van der Waals surface area contributed by atoms with Crippen LogP contribution in [-0.4, -0.2) is 35.1 Å². The standard InChI is InChI=1S/C23H26Cl3FN2O2S/c1-3-4-11-28-23(31)15(2)29(12-16-18(24)7-5-8-19(16)25)22(30)14-32-13-17-20(26)9-6-10-21(17)27/h5-10,15H,3-4,11-14H2,1-2H3,(H,28,31). The van der Waals surface area contributed by atoms with Crippen molar-refractivity contribution >= 4 is 58.4 Å². The molecule has 1 unspecified atom stereocenters. The third-order valence-electron chi connectivity index (χ3n) is 4.92. The van der Waals surface area contributed by atoms with Crippen LogP contribution in [0.3, 0.4) is 0 Å². The minimum atomic E-state index is -0.732. The van der Waals surface area contributed by atoms with Crippen molar-refractivity contribution in [3.8, 4) is 0 Å². The van der Waals surface area contributed by atoms with Gasteiger partial charge in [-0.25, -0.2) is 4.39 Å². The van der Waals surface area contributed by atoms with Gasteiger partial charge in [0.2, 0.25) is 11.8 Å². The van der Waals surface area contributed by atoms with Crippen molar-refractivity contribution in [3.05, 3.63) is 68.4 Å². The van der Waals surface area contributed by atoms with Crippen molar-refractivity contribution in [1.29, 1.82) is 0 Å². The molecule has 0 heterocycles. The normalized spacial score (nSPS) is 11.8. The fraction of sp³-hybridized carbons (Fsp3) is 0.391. The highest BCUT2D eigenvalue weighted by molar-refractivity contribution is 7.99. The zero-order chi connectivity index (χ0) is 23.7. The van der Waals surface area contributed by atoms with Crippen molar-refractivity contribution in [2.24, 2.45) is 0 Å². The summed E-state index contributed by atoms with van der Waals surface area (Å²) in [5, 5.41) is 4.00. The second-order valence-electron chi connectivity index (χ2n) is 7.24. The number of hydrogen-bond donors (Lipinski definition) is 1. The molecule has 1 N–H and O–H groups in total. The van der Waals surface area contributed by atoms with Gasteiger partial charge in [0.15, 0.2) is 0 Å². The third kappa shape index (κ3) is 7.55. The average Bonchev–Trinajstić information content (AvgIpc) is 2.75. The number of carbonyl (C=O) groups excluding carboxylic acids is 2. The summed E-state index contributed by atoms with van der Waals surface area (Å²) in [6.07, 6.45) is 1.80. The smallest absolute Gasteiger partial charge is 0.242 e. The fourth-order valence-electron chi connectivity index (χ4n) is 2.97. The second-order valence-corrected chi connectivity index (χ2v) is 9.44. The summed E-state index contributed by atoms with van der Waals surface area (Å²) in [6, 6.07) is 8.83. The van der Waals surface area contributed by atoms with Gasteiger partial charge in [0.05, 0.1) is 5.75 Å². The van der Waals surface area contributed by atoms with E-state index in [9.17, 15) is 14.0 Å². The molecule has 9 heteroatoms. The minimum Gasteiger partial charge on any atom is -0.354 e. The Morgan fingerprint density at radius 2 is 1.66 bits per heavy atom. The predicted molar refractivity (Wildman–Crippen MR) is 132 cm³/mol. The van der Waals surface area contributed by atoms with Gasteiger partial charge in [0, 0.05) is 45.0 Å². The number of nitrogens with one attached hydrogen (secondary N) is 1. The number of carbonyl (C=O) groups is 2. The second kappa shape index (κ2) is 13.3. The molecular weight excluding hydrogens is 494 g/mol. The first-order chi connectivity index (χ1) is 15.3. The predicted octanol–water partition coefficient (Wildman–Crippen LogP) is 6.35. The third-order valence-corrected chi connectivity index (χ3v) is 6.93. The molecule has 0 fully saturated rings. The van der Waals surface area contributed by atoms with Crippen molar-refractivity contribution in [2.75, 3.05) is 12.3 Å². The molecule has 0 saturated carbocycles. The summed E-state index contributed by atoms with van der Waals surface area (Å²) in [6.45, 7) is 4.32. The number of benzene rings is 2. The molecule has 2 aromatic carbocycles. The molecule has 0 radical (unpaired) electrons. The van der Waals surface area contributed by atoms with Crippen molar-refractivity contribution < 1.29 is 14.0 Å². The molecule has 0 spiro atoms. The minimum absolute atomic E-state index is 0.0410. The summed E-state index contributed by atoms with van der Waals surface area (Å²) in [7, 11) is 0. The molecular formula is C23H26Cl3FN2O2S. The topological polar surface area (TPSA) is 49.4 Å². The first kappa shape index (κ1) is 26.8. The molecule has 2 aromatic rings. The van der Waals surface area contributed by atoms with Crippen molar-refractivity contribution in [1.82, 2.24) is 10.2 Å². The number of rotatable bonds is 11. The van der Waals surface area contributed by atoms with Gasteiger partial charge in [-0.1, -0.05) is 60.3 Å². The van der Waals surface area contributed by atoms with Crippen LogP contribution in [0, 0.1) is 5.82 Å². The number of hydrogen-bond acceptors (Lipinski definition) is 3. The Bertz CT molecular complexity index is 905. The summed E-state index contributed by atoms with van der Waals surface area (Å²) in [4.78, 5) is 27.2. The Labute approximate surface area is 207 Å². The van der Waals surface area contributed by atoms with Crippen LogP contribution in [0.5, 0.6) is 0 Å². The summed E-state index contributed by atoms with van der Waals surface area (Å²) in [5.41, 5.74) is 0.914. The van der Waals surface area contributed by atoms with Gasteiger partial charge in [-0.15, -0.1) is 11.8 Å². The van der Waals surface area contributed by atoms with Crippen LogP contribution >= 0.6 is 46.6 Å². The highest BCUT2D eigenvalue weighted by Gasteiger charge is 2.27. The Hall–Kier alpha value is -1.47. The largest absolute Gasteiger partial charge is 0.354 e. The first-order valence-corrected chi connectivity index (χ1v) is 12.6. The van der Waals surface area contributed by atoms with Gasteiger partial charge in [0.1, 0.15) is 11.9 Å². The zero-order valence-corrected chi connectivity index (χ0v) is 21.1. The van der Waals surface area contributed by atoms with Crippen molar-refractivity contribution in [3.63, 3.8) is 0 Å². The molecule has 174 valence electrons. The van der Waals surface area contributed by atoms with Crippen LogP contribution in [0.4, 0.5) is 4.39 Å². The molecule has 0 bridgehead atoms. The average molecular weight is 520 g/mol. The molecule has 0 saturated heterocycles. The van der Waals surface area contributed by atoms with Crippen LogP contribution in [-0.2, 0) is 21.9 Å². The van der Waals surface area contributed by atoms with E-state index in [1.807, 2.05) is 6.92 Å². The van der Waals surface area contributed by atoms with E-state index in [0.29, 0.717) is 32.7 Å². The molecule has 4 nitrogen and oxygen atoms in total. The van der Waals surface area contributed by atoms with E-state index >= 15 is 0 Å². The number of halogens is 4. The van der Waals surface area contributed by atoms with E-state index in [4.69, 9.17) is 34.8 Å². The lowest BCUT2D eigenvalue weighted by molar-refractivity contribution is -0.138. The van der Waals surface area contributed by atoms with E-state index in [1.165, 1.54) is 28.8 Å². The van der Waals surface area contributed by atoms with Gasteiger partial charge in [-0.3, -0.25) is 9.59 Å². The molecule has 0 aromatic heterocycles. The highest BCUT2D eigenvalue weighted by atomic mass is 35.5. The summed E-state index contributed by atoms with van der Waals surface area (Å²) in [5.74, 6) is -0.677. The maximum absolute atomic E-state index is 14.0. The number of nitrogens with zero attached hydrogens (tertiary/aromatic N) is 1. The summed E-state index contributed by atoms with van der Waals surface area (Å²) < 4.78 is 14.0. The summed E-state index contributed by atoms with van der Waals surface area (Å²) >= 11 is 19.9. The maximum atomic E-state index is 14.0. The molecule has 32 heavy (non-hydrogen) atoms. The molecule has 2 rings (SSSR count). The van der Waals surface area contributed by atoms with Crippen LogP contribution in [0.15, 0.2) is 36.4 Å². The molecule has 0 aliphatic heterocycles. The van der Waals surface area contributed by atoms with Crippen LogP contribution in [0.25, 0.3) is 0 Å². The monoisotopic (exact) mass is 518 g/mol. The molecule has 1 atom stereocenters. The molecule has 0 aliphatic rings. The van der Waals surface area contributed by atoms with E-state index in [2.05, 4.69) is 5.32 Å². The van der Waals surface area contributed by atoms with Gasteiger partial charge < -0.3 is 10.2 Å². The maximum Gasteiger partial charge on any atom is 0.242 e. The van der Waals surface area contributed by atoms with E-state index in [1.54, 1.807) is 31.2 Å². The highest BCUT2D eigenvalue weighted by Crippen LogP contribution is 2.28. The molecule has 2 amide bonds. The Morgan fingerprint density at radius 1 is 1.06 bits per heavy atom. The van der Waals surface area contributed by atoms with Crippen LogP contribution in [0.1, 0.15) is 37.8 Å². The first-order valence-electron chi connectivity index (χ1n) is 10.3. The zero-order valence-electron chi connectivity index (χ0n) is 18.0. The van der Waals surface area contributed by atoms with Crippen molar-refractivity contribution in [2.45, 2.75) is 45.0 Å². The Balaban J connectivity index is 2.15. The Kier molecular flexibility index (Phi) is 11.1. The van der Waals surface area contributed by atoms with Gasteiger partial charge in [0.25, 0.3) is 0 Å². The van der Waals surface area contributed by atoms with E-state index in [0.717, 1.165) is 12.8 Å². The van der Waals surface area contributed by atoms with E-state index in [-0.39, 0.29) is 29.9 Å². The lowest BCUT2D eigenvalue weighted by Crippen LogP contribution is -2.48. The van der Waals surface area contributed by atoms with E-state index < -0.39 is 11.9 Å². The molecule has 0 aliphatic carbocycles. The quantitative estimate of drug-likeness (QED) is 0.352. The fourth-order valence-corrected chi connectivity index (χ4v) is 4.73. The SMILES string of the molecule is CCCCNC(=O)C(C)N(Cc1c(Cl)cccc1Cl)C(=O)CSCc1c(F)cccc1Cl. The van der Waals surface area contributed by atoms with Gasteiger partial charge >= 0.3 is 0 Å².